The second kappa shape index (κ2) is 2.12. The lowest BCUT2D eigenvalue weighted by molar-refractivity contribution is 0.918. The van der Waals surface area contributed by atoms with Gasteiger partial charge in [0, 0.05) is 12.6 Å². The third-order valence-electron chi connectivity index (χ3n) is 0.801. The first-order valence-corrected chi connectivity index (χ1v) is 2.65. The van der Waals surface area contributed by atoms with Gasteiger partial charge in [-0.2, -0.15) is 0 Å². The van der Waals surface area contributed by atoms with Crippen LogP contribution in [0.25, 0.3) is 0 Å². The summed E-state index contributed by atoms with van der Waals surface area (Å²) >= 11 is 5.57. The van der Waals surface area contributed by atoms with Crippen LogP contribution in [0.5, 0.6) is 0 Å². The summed E-state index contributed by atoms with van der Waals surface area (Å²) in [5, 5.41) is 0. The van der Waals surface area contributed by atoms with Crippen molar-refractivity contribution in [2.45, 2.75) is 11.9 Å². The Labute approximate surface area is 47.7 Å². The van der Waals surface area contributed by atoms with Crippen molar-refractivity contribution in [3.8, 4) is 0 Å². The van der Waals surface area contributed by atoms with Crippen LogP contribution >= 0.6 is 11.6 Å². The van der Waals surface area contributed by atoms with Crippen molar-refractivity contribution < 1.29 is 0 Å². The zero-order valence-corrected chi connectivity index (χ0v) is 4.60. The highest BCUT2D eigenvalue weighted by atomic mass is 35.5. The molecule has 1 heterocycles. The van der Waals surface area contributed by atoms with E-state index in [4.69, 9.17) is 11.6 Å². The molecule has 1 atom stereocenters. The number of hydrogen-bond donors (Lipinski definition) is 0. The summed E-state index contributed by atoms with van der Waals surface area (Å²) in [6.45, 7) is 0. The Morgan fingerprint density at radius 3 is 2.86 bits per heavy atom. The van der Waals surface area contributed by atoms with E-state index in [0.29, 0.717) is 0 Å². The Morgan fingerprint density at radius 1 is 1.71 bits per heavy atom. The maximum atomic E-state index is 5.57. The quantitative estimate of drug-likeness (QED) is 0.336. The largest absolute Gasteiger partial charge is 0.274 e. The van der Waals surface area contributed by atoms with E-state index < -0.39 is 0 Å². The van der Waals surface area contributed by atoms with E-state index in [0.717, 1.165) is 6.42 Å². The van der Waals surface area contributed by atoms with Crippen molar-refractivity contribution >= 4 is 17.8 Å². The van der Waals surface area contributed by atoms with Gasteiger partial charge in [0.15, 0.2) is 0 Å². The standard InChI is InChI=1S/C5H6ClN/c6-5-3-1-2-4-7-5/h1-2,4-5H,3H2. The fraction of sp³-hybridized carbons (Fsp3) is 0.400. The van der Waals surface area contributed by atoms with Crippen LogP contribution in [0.4, 0.5) is 0 Å². The van der Waals surface area contributed by atoms with Crippen molar-refractivity contribution in [2.24, 2.45) is 4.99 Å². The number of nitrogens with zero attached hydrogens (tertiary/aromatic N) is 1. The minimum absolute atomic E-state index is 0.00926. The zero-order valence-electron chi connectivity index (χ0n) is 3.84. The number of hydrogen-bond acceptors (Lipinski definition) is 1. The lowest BCUT2D eigenvalue weighted by atomic mass is 10.3. The minimum atomic E-state index is -0.00926. The average Bonchev–Trinajstić information content (AvgIpc) is 1.69. The Morgan fingerprint density at radius 2 is 2.57 bits per heavy atom. The van der Waals surface area contributed by atoms with Gasteiger partial charge in [-0.25, -0.2) is 0 Å². The SMILES string of the molecule is ClC1CC=CC=N1. The van der Waals surface area contributed by atoms with Crippen LogP contribution in [0.2, 0.25) is 0 Å². The number of rotatable bonds is 0. The maximum absolute atomic E-state index is 5.57. The molecule has 1 aliphatic heterocycles. The van der Waals surface area contributed by atoms with Gasteiger partial charge in [-0.05, 0) is 6.08 Å². The molecule has 0 aromatic heterocycles. The molecule has 1 aliphatic rings. The van der Waals surface area contributed by atoms with E-state index in [-0.39, 0.29) is 5.50 Å². The second-order valence-electron chi connectivity index (χ2n) is 1.40. The highest BCUT2D eigenvalue weighted by Crippen LogP contribution is 2.06. The number of halogens is 1. The number of dihydropyridines is 1. The van der Waals surface area contributed by atoms with Gasteiger partial charge in [0.1, 0.15) is 5.50 Å². The van der Waals surface area contributed by atoms with E-state index in [2.05, 4.69) is 4.99 Å². The molecular weight excluding hydrogens is 110 g/mol. The van der Waals surface area contributed by atoms with Crippen LogP contribution in [0.3, 0.4) is 0 Å². The molecular formula is C5H6ClN. The molecule has 0 aliphatic carbocycles. The highest BCUT2D eigenvalue weighted by Gasteiger charge is 1.96. The van der Waals surface area contributed by atoms with Gasteiger partial charge in [0.25, 0.3) is 0 Å². The topological polar surface area (TPSA) is 12.4 Å². The molecule has 0 amide bonds. The van der Waals surface area contributed by atoms with Gasteiger partial charge in [-0.3, -0.25) is 4.99 Å². The summed E-state index contributed by atoms with van der Waals surface area (Å²) in [6, 6.07) is 0. The first kappa shape index (κ1) is 4.85. The summed E-state index contributed by atoms with van der Waals surface area (Å²) in [5.74, 6) is 0. The summed E-state index contributed by atoms with van der Waals surface area (Å²) in [4.78, 5) is 3.88. The van der Waals surface area contributed by atoms with Crippen LogP contribution < -0.4 is 0 Å². The molecule has 1 rings (SSSR count). The molecule has 1 unspecified atom stereocenters. The first-order valence-electron chi connectivity index (χ1n) is 2.22. The summed E-state index contributed by atoms with van der Waals surface area (Å²) in [6.07, 6.45) is 6.50. The Kier molecular flexibility index (Phi) is 1.47. The van der Waals surface area contributed by atoms with Crippen molar-refractivity contribution in [3.63, 3.8) is 0 Å². The molecule has 38 valence electrons. The van der Waals surface area contributed by atoms with Crippen molar-refractivity contribution in [2.75, 3.05) is 0 Å². The van der Waals surface area contributed by atoms with Crippen LogP contribution in [-0.4, -0.2) is 11.7 Å². The van der Waals surface area contributed by atoms with E-state index in [1.807, 2.05) is 12.2 Å². The summed E-state index contributed by atoms with van der Waals surface area (Å²) in [7, 11) is 0. The van der Waals surface area contributed by atoms with Crippen LogP contribution in [0.15, 0.2) is 17.1 Å². The lowest BCUT2D eigenvalue weighted by Gasteiger charge is -1.99. The Bertz CT molecular complexity index is 107. The lowest BCUT2D eigenvalue weighted by Crippen LogP contribution is -1.94. The van der Waals surface area contributed by atoms with Crippen LogP contribution in [-0.2, 0) is 0 Å². The number of aliphatic imine (C=N–C) groups is 1. The molecule has 2 heteroatoms. The molecule has 1 nitrogen and oxygen atoms in total. The maximum Gasteiger partial charge on any atom is 0.127 e. The molecule has 0 saturated carbocycles. The van der Waals surface area contributed by atoms with Crippen LogP contribution in [0.1, 0.15) is 6.42 Å². The minimum Gasteiger partial charge on any atom is -0.274 e. The molecule has 0 aromatic carbocycles. The number of allylic oxidation sites excluding steroid dienone is 1. The third kappa shape index (κ3) is 1.32. The van der Waals surface area contributed by atoms with Crippen molar-refractivity contribution in [1.29, 1.82) is 0 Å². The van der Waals surface area contributed by atoms with Gasteiger partial charge in [-0.1, -0.05) is 17.7 Å². The van der Waals surface area contributed by atoms with E-state index >= 15 is 0 Å². The Hall–Kier alpha value is -0.300. The van der Waals surface area contributed by atoms with Gasteiger partial charge in [0.05, 0.1) is 0 Å². The van der Waals surface area contributed by atoms with Crippen molar-refractivity contribution in [1.82, 2.24) is 0 Å². The van der Waals surface area contributed by atoms with Gasteiger partial charge in [0.2, 0.25) is 0 Å². The van der Waals surface area contributed by atoms with E-state index in [1.54, 1.807) is 6.21 Å². The fourth-order valence-corrected chi connectivity index (χ4v) is 0.624. The van der Waals surface area contributed by atoms with Crippen molar-refractivity contribution in [3.05, 3.63) is 12.2 Å². The monoisotopic (exact) mass is 115 g/mol. The number of alkyl halides is 1. The normalized spacial score (nSPS) is 28.4. The Balaban J connectivity index is 2.49. The first-order chi connectivity index (χ1) is 3.39. The third-order valence-corrected chi connectivity index (χ3v) is 1.09. The van der Waals surface area contributed by atoms with Gasteiger partial charge >= 0.3 is 0 Å². The van der Waals surface area contributed by atoms with E-state index in [1.165, 1.54) is 0 Å². The summed E-state index contributed by atoms with van der Waals surface area (Å²) in [5.41, 5.74) is -0.00926. The molecule has 0 radical (unpaired) electrons. The van der Waals surface area contributed by atoms with Crippen LogP contribution in [0, 0.1) is 0 Å². The summed E-state index contributed by atoms with van der Waals surface area (Å²) < 4.78 is 0. The molecule has 0 N–H and O–H groups in total. The smallest absolute Gasteiger partial charge is 0.127 e. The molecule has 0 saturated heterocycles. The predicted molar refractivity (Wildman–Crippen MR) is 31.9 cm³/mol. The highest BCUT2D eigenvalue weighted by molar-refractivity contribution is 6.21. The molecule has 0 aromatic rings. The van der Waals surface area contributed by atoms with Gasteiger partial charge < -0.3 is 0 Å². The molecule has 0 bridgehead atoms. The molecule has 0 spiro atoms. The fourth-order valence-electron chi connectivity index (χ4n) is 0.456. The molecule has 0 fully saturated rings. The zero-order chi connectivity index (χ0) is 5.11. The molecule has 7 heavy (non-hydrogen) atoms. The van der Waals surface area contributed by atoms with Gasteiger partial charge in [-0.15, -0.1) is 0 Å². The average molecular weight is 116 g/mol. The van der Waals surface area contributed by atoms with E-state index in [9.17, 15) is 0 Å². The predicted octanol–water partition coefficient (Wildman–Crippen LogP) is 1.58. The second-order valence-corrected chi connectivity index (χ2v) is 1.90.